The first-order valence-corrected chi connectivity index (χ1v) is 6.38. The number of unbranched alkanes of at least 4 members (excludes halogenated alkanes) is 2. The van der Waals surface area contributed by atoms with Gasteiger partial charge in [0.2, 0.25) is 0 Å². The van der Waals surface area contributed by atoms with Crippen LogP contribution in [0.15, 0.2) is 23.8 Å². The van der Waals surface area contributed by atoms with Crippen molar-refractivity contribution in [1.29, 1.82) is 0 Å². The van der Waals surface area contributed by atoms with E-state index in [-0.39, 0.29) is 0 Å². The van der Waals surface area contributed by atoms with Gasteiger partial charge in [-0.15, -0.1) is 0 Å². The molecule has 0 saturated carbocycles. The van der Waals surface area contributed by atoms with Crippen molar-refractivity contribution in [3.8, 4) is 0 Å². The Balaban J connectivity index is 3.77. The number of hydrogen-bond acceptors (Lipinski definition) is 0. The fourth-order valence-electron chi connectivity index (χ4n) is 1.95. The maximum atomic E-state index is 2.38. The van der Waals surface area contributed by atoms with Crippen LogP contribution in [0.5, 0.6) is 0 Å². The van der Waals surface area contributed by atoms with Crippen LogP contribution >= 0.6 is 0 Å². The molecule has 0 heterocycles. The van der Waals surface area contributed by atoms with E-state index in [1.54, 1.807) is 0 Å². The molecular weight excluding hydrogens is 180 g/mol. The van der Waals surface area contributed by atoms with Gasteiger partial charge in [-0.1, -0.05) is 57.4 Å². The van der Waals surface area contributed by atoms with Gasteiger partial charge in [-0.25, -0.2) is 0 Å². The van der Waals surface area contributed by atoms with Crippen LogP contribution in [0.2, 0.25) is 0 Å². The second-order valence-corrected chi connectivity index (χ2v) is 5.00. The molecule has 0 aliphatic rings. The lowest BCUT2D eigenvalue weighted by Gasteiger charge is -2.11. The maximum Gasteiger partial charge on any atom is -0.0254 e. The summed E-state index contributed by atoms with van der Waals surface area (Å²) in [5.41, 5.74) is 1.43. The summed E-state index contributed by atoms with van der Waals surface area (Å²) >= 11 is 0. The van der Waals surface area contributed by atoms with Gasteiger partial charge in [0.1, 0.15) is 0 Å². The largest absolute Gasteiger partial charge is 0.0883 e. The quantitative estimate of drug-likeness (QED) is 0.390. The minimum Gasteiger partial charge on any atom is -0.0883 e. The van der Waals surface area contributed by atoms with E-state index < -0.39 is 0 Å². The van der Waals surface area contributed by atoms with E-state index >= 15 is 0 Å². The predicted molar refractivity (Wildman–Crippen MR) is 71.0 cm³/mol. The molecule has 0 rings (SSSR count). The van der Waals surface area contributed by atoms with Gasteiger partial charge in [0, 0.05) is 0 Å². The summed E-state index contributed by atoms with van der Waals surface area (Å²) in [6, 6.07) is 0. The van der Waals surface area contributed by atoms with Crippen LogP contribution in [-0.2, 0) is 0 Å². The molecular formula is C15H28. The van der Waals surface area contributed by atoms with Crippen LogP contribution in [0.1, 0.15) is 60.3 Å². The fraction of sp³-hybridized carbons (Fsp3) is 0.733. The Labute approximate surface area is 96.5 Å². The molecule has 2 atom stereocenters. The molecule has 0 N–H and O–H groups in total. The zero-order valence-electron chi connectivity index (χ0n) is 11.2. The van der Waals surface area contributed by atoms with E-state index in [4.69, 9.17) is 0 Å². The van der Waals surface area contributed by atoms with Crippen molar-refractivity contribution < 1.29 is 0 Å². The molecule has 0 aromatic rings. The lowest BCUT2D eigenvalue weighted by atomic mass is 9.95. The molecule has 0 spiro atoms. The van der Waals surface area contributed by atoms with E-state index in [0.29, 0.717) is 11.8 Å². The molecule has 15 heavy (non-hydrogen) atoms. The minimum atomic E-state index is 0.709. The Morgan fingerprint density at radius 2 is 1.80 bits per heavy atom. The molecule has 0 radical (unpaired) electrons. The van der Waals surface area contributed by atoms with E-state index in [0.717, 1.165) is 0 Å². The van der Waals surface area contributed by atoms with Gasteiger partial charge >= 0.3 is 0 Å². The second-order valence-electron chi connectivity index (χ2n) is 5.00. The average Bonchev–Trinajstić information content (AvgIpc) is 2.10. The highest BCUT2D eigenvalue weighted by atomic mass is 14.1. The summed E-state index contributed by atoms with van der Waals surface area (Å²) in [4.78, 5) is 0. The van der Waals surface area contributed by atoms with Gasteiger partial charge in [-0.05, 0) is 38.5 Å². The van der Waals surface area contributed by atoms with Crippen molar-refractivity contribution >= 4 is 0 Å². The third-order valence-corrected chi connectivity index (χ3v) is 2.55. The molecule has 0 bridgehead atoms. The normalized spacial score (nSPS) is 15.3. The van der Waals surface area contributed by atoms with E-state index in [1.807, 2.05) is 0 Å². The maximum absolute atomic E-state index is 2.38. The predicted octanol–water partition coefficient (Wildman–Crippen LogP) is 5.36. The van der Waals surface area contributed by atoms with Gasteiger partial charge in [0.05, 0.1) is 0 Å². The zero-order chi connectivity index (χ0) is 11.7. The topological polar surface area (TPSA) is 0 Å². The Bertz CT molecular complexity index is 194. The Morgan fingerprint density at radius 1 is 1.13 bits per heavy atom. The van der Waals surface area contributed by atoms with Gasteiger partial charge in [0.15, 0.2) is 0 Å². The van der Waals surface area contributed by atoms with Crippen molar-refractivity contribution in [2.75, 3.05) is 0 Å². The molecule has 0 fully saturated rings. The van der Waals surface area contributed by atoms with E-state index in [2.05, 4.69) is 52.8 Å². The summed E-state index contributed by atoms with van der Waals surface area (Å²) in [7, 11) is 0. The first-order valence-electron chi connectivity index (χ1n) is 6.38. The highest BCUT2D eigenvalue weighted by Crippen LogP contribution is 2.16. The Morgan fingerprint density at radius 3 is 2.33 bits per heavy atom. The van der Waals surface area contributed by atoms with Gasteiger partial charge in [-0.2, -0.15) is 0 Å². The number of allylic oxidation sites excluding steroid dienone is 4. The van der Waals surface area contributed by atoms with Gasteiger partial charge in [0.25, 0.3) is 0 Å². The zero-order valence-corrected chi connectivity index (χ0v) is 11.2. The molecule has 0 nitrogen and oxygen atoms in total. The van der Waals surface area contributed by atoms with Gasteiger partial charge in [-0.3, -0.25) is 0 Å². The van der Waals surface area contributed by atoms with E-state index in [1.165, 1.54) is 31.3 Å². The molecule has 0 aromatic carbocycles. The van der Waals surface area contributed by atoms with Crippen LogP contribution < -0.4 is 0 Å². The third-order valence-electron chi connectivity index (χ3n) is 2.55. The summed E-state index contributed by atoms with van der Waals surface area (Å²) in [5.74, 6) is 1.42. The lowest BCUT2D eigenvalue weighted by Crippen LogP contribution is -1.98. The smallest absolute Gasteiger partial charge is 0.0254 e. The van der Waals surface area contributed by atoms with Crippen molar-refractivity contribution in [3.05, 3.63) is 23.8 Å². The summed E-state index contributed by atoms with van der Waals surface area (Å²) in [6.07, 6.45) is 12.2. The second kappa shape index (κ2) is 8.76. The van der Waals surface area contributed by atoms with Crippen molar-refractivity contribution in [2.45, 2.75) is 60.3 Å². The summed E-state index contributed by atoms with van der Waals surface area (Å²) in [5, 5.41) is 0. The highest BCUT2D eigenvalue weighted by molar-refractivity contribution is 4.98. The van der Waals surface area contributed by atoms with Crippen LogP contribution in [0, 0.1) is 11.8 Å². The molecule has 0 amide bonds. The number of rotatable bonds is 7. The molecule has 0 aliphatic heterocycles. The molecule has 0 aliphatic carbocycles. The average molecular weight is 208 g/mol. The van der Waals surface area contributed by atoms with Gasteiger partial charge < -0.3 is 0 Å². The first kappa shape index (κ1) is 14.5. The molecule has 2 unspecified atom stereocenters. The summed E-state index contributed by atoms with van der Waals surface area (Å²) in [6.45, 7) is 11.2. The standard InChI is InChI=1S/C15H28/c1-6-7-8-9-10-14(4)12-15(5)11-13(2)3/h9-11,14-15H,6-8,12H2,1-5H3/b10-9+. The van der Waals surface area contributed by atoms with E-state index in [9.17, 15) is 0 Å². The highest BCUT2D eigenvalue weighted by Gasteiger charge is 2.02. The third kappa shape index (κ3) is 9.78. The van der Waals surface area contributed by atoms with Crippen molar-refractivity contribution in [3.63, 3.8) is 0 Å². The minimum absolute atomic E-state index is 0.709. The molecule has 0 saturated heterocycles. The summed E-state index contributed by atoms with van der Waals surface area (Å²) < 4.78 is 0. The first-order chi connectivity index (χ1) is 7.06. The van der Waals surface area contributed by atoms with Crippen LogP contribution in [-0.4, -0.2) is 0 Å². The Kier molecular flexibility index (Phi) is 8.46. The van der Waals surface area contributed by atoms with Crippen LogP contribution in [0.3, 0.4) is 0 Å². The molecule has 0 heteroatoms. The monoisotopic (exact) mass is 208 g/mol. The van der Waals surface area contributed by atoms with Crippen LogP contribution in [0.4, 0.5) is 0 Å². The fourth-order valence-corrected chi connectivity index (χ4v) is 1.95. The lowest BCUT2D eigenvalue weighted by molar-refractivity contribution is 0.540. The molecule has 88 valence electrons. The Hall–Kier alpha value is -0.520. The SMILES string of the molecule is CCCC/C=C/C(C)CC(C)C=C(C)C. The van der Waals surface area contributed by atoms with Crippen molar-refractivity contribution in [1.82, 2.24) is 0 Å². The number of hydrogen-bond donors (Lipinski definition) is 0. The molecule has 0 aromatic heterocycles. The van der Waals surface area contributed by atoms with Crippen molar-refractivity contribution in [2.24, 2.45) is 11.8 Å². The van der Waals surface area contributed by atoms with Crippen LogP contribution in [0.25, 0.3) is 0 Å².